The molecule has 1 aliphatic carbocycles. The largest absolute Gasteiger partial charge is 0.355 e. The van der Waals surface area contributed by atoms with Crippen molar-refractivity contribution in [3.63, 3.8) is 0 Å². The summed E-state index contributed by atoms with van der Waals surface area (Å²) < 4.78 is 2.32. The zero-order valence-electron chi connectivity index (χ0n) is 15.6. The zero-order valence-corrected chi connectivity index (χ0v) is 17.2. The summed E-state index contributed by atoms with van der Waals surface area (Å²) in [5.74, 6) is 1.97. The van der Waals surface area contributed by atoms with Gasteiger partial charge in [-0.05, 0) is 30.2 Å². The summed E-state index contributed by atoms with van der Waals surface area (Å²) in [6, 6.07) is 4.70. The fourth-order valence-electron chi connectivity index (χ4n) is 3.30. The standard InChI is InChI=1S/C19H28N4OS2/c1-14(2)12-20-18(24)13-26-19-22-21-17(11-16-9-6-10-25-16)23(19)15-7-4-3-5-8-15/h6,9-10,14-15H,3-5,7-8,11-13H2,1-2H3,(H,20,24). The first-order valence-corrected chi connectivity index (χ1v) is 11.4. The summed E-state index contributed by atoms with van der Waals surface area (Å²) in [6.07, 6.45) is 7.03. The molecule has 7 heteroatoms. The quantitative estimate of drug-likeness (QED) is 0.681. The van der Waals surface area contributed by atoms with Crippen molar-refractivity contribution in [1.29, 1.82) is 0 Å². The van der Waals surface area contributed by atoms with E-state index in [1.807, 2.05) is 0 Å². The Balaban J connectivity index is 1.71. The van der Waals surface area contributed by atoms with Gasteiger partial charge in [0.05, 0.1) is 5.75 Å². The number of carbonyl (C=O) groups excluding carboxylic acids is 1. The Morgan fingerprint density at radius 1 is 1.35 bits per heavy atom. The van der Waals surface area contributed by atoms with Gasteiger partial charge in [-0.3, -0.25) is 4.79 Å². The molecule has 1 saturated carbocycles. The number of carbonyl (C=O) groups is 1. The first kappa shape index (κ1) is 19.4. The number of amides is 1. The normalized spacial score (nSPS) is 15.5. The molecule has 1 N–H and O–H groups in total. The van der Waals surface area contributed by atoms with Crippen molar-refractivity contribution in [2.24, 2.45) is 5.92 Å². The van der Waals surface area contributed by atoms with E-state index in [0.717, 1.165) is 23.9 Å². The van der Waals surface area contributed by atoms with Crippen LogP contribution in [0.2, 0.25) is 0 Å². The number of thiophene rings is 1. The van der Waals surface area contributed by atoms with Gasteiger partial charge in [-0.1, -0.05) is 50.9 Å². The molecule has 0 spiro atoms. The number of hydrogen-bond acceptors (Lipinski definition) is 5. The maximum absolute atomic E-state index is 12.1. The summed E-state index contributed by atoms with van der Waals surface area (Å²) in [5, 5.41) is 14.9. The highest BCUT2D eigenvalue weighted by Crippen LogP contribution is 2.33. The molecule has 2 aromatic heterocycles. The van der Waals surface area contributed by atoms with E-state index in [1.54, 1.807) is 11.3 Å². The van der Waals surface area contributed by atoms with Crippen LogP contribution >= 0.6 is 23.1 Å². The maximum Gasteiger partial charge on any atom is 0.230 e. The molecule has 2 aromatic rings. The topological polar surface area (TPSA) is 59.8 Å². The van der Waals surface area contributed by atoms with Crippen LogP contribution in [0.4, 0.5) is 0 Å². The van der Waals surface area contributed by atoms with Crippen LogP contribution in [0.25, 0.3) is 0 Å². The van der Waals surface area contributed by atoms with Crippen molar-refractivity contribution in [3.05, 3.63) is 28.2 Å². The van der Waals surface area contributed by atoms with Crippen LogP contribution in [0.5, 0.6) is 0 Å². The average molecular weight is 393 g/mol. The second-order valence-corrected chi connectivity index (χ2v) is 9.28. The van der Waals surface area contributed by atoms with E-state index in [0.29, 0.717) is 17.7 Å². The Hall–Kier alpha value is -1.34. The molecule has 1 fully saturated rings. The molecule has 0 bridgehead atoms. The highest BCUT2D eigenvalue weighted by Gasteiger charge is 2.23. The summed E-state index contributed by atoms with van der Waals surface area (Å²) >= 11 is 3.27. The van der Waals surface area contributed by atoms with Gasteiger partial charge in [-0.15, -0.1) is 21.5 Å². The van der Waals surface area contributed by atoms with E-state index < -0.39 is 0 Å². The number of thioether (sulfide) groups is 1. The van der Waals surface area contributed by atoms with E-state index in [9.17, 15) is 4.79 Å². The molecule has 0 saturated heterocycles. The highest BCUT2D eigenvalue weighted by molar-refractivity contribution is 7.99. The molecular weight excluding hydrogens is 364 g/mol. The SMILES string of the molecule is CC(C)CNC(=O)CSc1nnc(Cc2cccs2)n1C1CCCCC1. The first-order valence-electron chi connectivity index (χ1n) is 9.49. The predicted octanol–water partition coefficient (Wildman–Crippen LogP) is 4.30. The lowest BCUT2D eigenvalue weighted by molar-refractivity contribution is -0.118. The van der Waals surface area contributed by atoms with Gasteiger partial charge >= 0.3 is 0 Å². The summed E-state index contributed by atoms with van der Waals surface area (Å²) in [7, 11) is 0. The van der Waals surface area contributed by atoms with Crippen molar-refractivity contribution in [1.82, 2.24) is 20.1 Å². The van der Waals surface area contributed by atoms with E-state index in [4.69, 9.17) is 0 Å². The van der Waals surface area contributed by atoms with Gasteiger partial charge in [0, 0.05) is 23.9 Å². The number of aromatic nitrogens is 3. The molecule has 1 amide bonds. The van der Waals surface area contributed by atoms with Crippen LogP contribution in [-0.4, -0.2) is 33.0 Å². The lowest BCUT2D eigenvalue weighted by Gasteiger charge is -2.25. The average Bonchev–Trinajstić information content (AvgIpc) is 3.29. The molecule has 142 valence electrons. The predicted molar refractivity (Wildman–Crippen MR) is 108 cm³/mol. The Bertz CT molecular complexity index is 690. The Morgan fingerprint density at radius 3 is 2.85 bits per heavy atom. The van der Waals surface area contributed by atoms with Gasteiger partial charge in [0.1, 0.15) is 5.82 Å². The van der Waals surface area contributed by atoms with Crippen LogP contribution in [0.3, 0.4) is 0 Å². The monoisotopic (exact) mass is 392 g/mol. The molecule has 0 unspecified atom stereocenters. The Kier molecular flexibility index (Phi) is 7.14. The molecule has 0 radical (unpaired) electrons. The van der Waals surface area contributed by atoms with Crippen LogP contribution in [0, 0.1) is 5.92 Å². The lowest BCUT2D eigenvalue weighted by atomic mass is 9.95. The number of hydrogen-bond donors (Lipinski definition) is 1. The zero-order chi connectivity index (χ0) is 18.4. The molecule has 3 rings (SSSR count). The third-order valence-corrected chi connectivity index (χ3v) is 6.45. The van der Waals surface area contributed by atoms with Gasteiger partial charge < -0.3 is 9.88 Å². The smallest absolute Gasteiger partial charge is 0.230 e. The fourth-order valence-corrected chi connectivity index (χ4v) is 4.86. The minimum atomic E-state index is 0.0710. The second kappa shape index (κ2) is 9.55. The molecule has 1 aliphatic rings. The van der Waals surface area contributed by atoms with Gasteiger partial charge in [0.2, 0.25) is 5.91 Å². The van der Waals surface area contributed by atoms with Crippen molar-refractivity contribution in [2.75, 3.05) is 12.3 Å². The van der Waals surface area contributed by atoms with Gasteiger partial charge in [0.25, 0.3) is 0 Å². The third kappa shape index (κ3) is 5.33. The molecule has 0 aromatic carbocycles. The molecule has 26 heavy (non-hydrogen) atoms. The van der Waals surface area contributed by atoms with Crippen molar-refractivity contribution < 1.29 is 4.79 Å². The number of nitrogens with zero attached hydrogens (tertiary/aromatic N) is 3. The van der Waals surface area contributed by atoms with E-state index in [2.05, 4.69) is 51.4 Å². The third-order valence-electron chi connectivity index (χ3n) is 4.63. The van der Waals surface area contributed by atoms with Crippen molar-refractivity contribution in [3.8, 4) is 0 Å². The number of rotatable bonds is 8. The van der Waals surface area contributed by atoms with Crippen molar-refractivity contribution in [2.45, 2.75) is 63.6 Å². The summed E-state index contributed by atoms with van der Waals surface area (Å²) in [6.45, 7) is 4.92. The van der Waals surface area contributed by atoms with E-state index in [1.165, 1.54) is 48.7 Å². The first-order chi connectivity index (χ1) is 12.6. The molecule has 0 aliphatic heterocycles. The van der Waals surface area contributed by atoms with E-state index >= 15 is 0 Å². The van der Waals surface area contributed by atoms with Crippen LogP contribution in [0.15, 0.2) is 22.7 Å². The van der Waals surface area contributed by atoms with Crippen LogP contribution in [0.1, 0.15) is 62.7 Å². The fraction of sp³-hybridized carbons (Fsp3) is 0.632. The molecular formula is C19H28N4OS2. The van der Waals surface area contributed by atoms with Gasteiger partial charge in [0.15, 0.2) is 5.16 Å². The summed E-state index contributed by atoms with van der Waals surface area (Å²) in [4.78, 5) is 13.4. The highest BCUT2D eigenvalue weighted by atomic mass is 32.2. The minimum Gasteiger partial charge on any atom is -0.355 e. The minimum absolute atomic E-state index is 0.0710. The van der Waals surface area contributed by atoms with Gasteiger partial charge in [-0.2, -0.15) is 0 Å². The molecule has 2 heterocycles. The lowest BCUT2D eigenvalue weighted by Crippen LogP contribution is -2.29. The molecule has 5 nitrogen and oxygen atoms in total. The van der Waals surface area contributed by atoms with Crippen molar-refractivity contribution >= 4 is 29.0 Å². The Morgan fingerprint density at radius 2 is 2.15 bits per heavy atom. The number of nitrogens with one attached hydrogen (secondary N) is 1. The summed E-state index contributed by atoms with van der Waals surface area (Å²) in [5.41, 5.74) is 0. The Labute approximate surface area is 164 Å². The second-order valence-electron chi connectivity index (χ2n) is 7.30. The van der Waals surface area contributed by atoms with Gasteiger partial charge in [-0.25, -0.2) is 0 Å². The van der Waals surface area contributed by atoms with Crippen LogP contribution in [-0.2, 0) is 11.2 Å². The molecule has 0 atom stereocenters. The van der Waals surface area contributed by atoms with Crippen LogP contribution < -0.4 is 5.32 Å². The van der Waals surface area contributed by atoms with E-state index in [-0.39, 0.29) is 5.91 Å². The maximum atomic E-state index is 12.1.